The summed E-state index contributed by atoms with van der Waals surface area (Å²) in [7, 11) is 0. The van der Waals surface area contributed by atoms with Crippen molar-refractivity contribution in [3.63, 3.8) is 0 Å². The summed E-state index contributed by atoms with van der Waals surface area (Å²) in [5.74, 6) is 0.392. The summed E-state index contributed by atoms with van der Waals surface area (Å²) in [6.07, 6.45) is 7.96. The molecule has 0 radical (unpaired) electrons. The van der Waals surface area contributed by atoms with Gasteiger partial charge in [-0.15, -0.1) is 0 Å². The number of para-hydroxylation sites is 2. The Morgan fingerprint density at radius 1 is 0.230 bits per heavy atom. The molecule has 0 fully saturated rings. The van der Waals surface area contributed by atoms with Gasteiger partial charge in [0, 0.05) is 40.1 Å². The molecular weight excluding hydrogens is 893 g/mol. The van der Waals surface area contributed by atoms with E-state index in [-0.39, 0.29) is 0 Å². The van der Waals surface area contributed by atoms with Crippen molar-refractivity contribution in [3.05, 3.63) is 321 Å². The quantitative estimate of drug-likeness (QED) is 0.114. The molecule has 0 saturated heterocycles. The minimum absolute atomic E-state index is 0.392. The molecule has 2 heteroatoms. The van der Waals surface area contributed by atoms with Crippen LogP contribution < -0.4 is 9.80 Å². The van der Waals surface area contributed by atoms with Crippen molar-refractivity contribution in [2.45, 2.75) is 12.3 Å². The molecule has 11 aromatic rings. The Bertz CT molecular complexity index is 3640. The Hall–Kier alpha value is -9.50. The molecule has 0 aliphatic heterocycles. The van der Waals surface area contributed by atoms with Crippen LogP contribution in [-0.4, -0.2) is 0 Å². The molecule has 0 heterocycles. The topological polar surface area (TPSA) is 6.48 Å². The van der Waals surface area contributed by atoms with Crippen molar-refractivity contribution in [1.29, 1.82) is 0 Å². The molecule has 0 saturated carbocycles. The molecule has 1 aliphatic rings. The summed E-state index contributed by atoms with van der Waals surface area (Å²) in [5, 5.41) is 0. The van der Waals surface area contributed by atoms with Gasteiger partial charge < -0.3 is 9.80 Å². The van der Waals surface area contributed by atoms with Crippen LogP contribution in [0.4, 0.5) is 28.4 Å². The van der Waals surface area contributed by atoms with E-state index in [2.05, 4.69) is 319 Å². The van der Waals surface area contributed by atoms with E-state index in [1.165, 1.54) is 78.0 Å². The highest BCUT2D eigenvalue weighted by atomic mass is 15.1. The van der Waals surface area contributed by atoms with Crippen LogP contribution in [0.2, 0.25) is 0 Å². The Kier molecular flexibility index (Phi) is 13.0. The van der Waals surface area contributed by atoms with E-state index in [1.807, 2.05) is 0 Å². The van der Waals surface area contributed by atoms with Crippen LogP contribution in [0, 0.1) is 0 Å². The molecule has 1 unspecified atom stereocenters. The second-order valence-corrected chi connectivity index (χ2v) is 18.9. The SMILES string of the molecule is C1=CC(c2ccccc2)CC=C1N(c1ccccc1)c1ccc(-c2ccc(-c3ccc(-c4ccc(-c5ccc(-c6ccc(N(c7ccccc7)c7ccc(-c8ccccc8)cc7)cc6)cc5)cc4)cc3)cc2)cc1. The van der Waals surface area contributed by atoms with Crippen molar-refractivity contribution in [1.82, 2.24) is 0 Å². The molecule has 0 N–H and O–H groups in total. The molecule has 0 spiro atoms. The zero-order valence-electron chi connectivity index (χ0n) is 41.1. The Labute approximate surface area is 435 Å². The lowest BCUT2D eigenvalue weighted by Crippen LogP contribution is -2.17. The van der Waals surface area contributed by atoms with Crippen LogP contribution >= 0.6 is 0 Å². The van der Waals surface area contributed by atoms with Crippen molar-refractivity contribution < 1.29 is 0 Å². The van der Waals surface area contributed by atoms with Gasteiger partial charge in [-0.1, -0.05) is 243 Å². The molecule has 74 heavy (non-hydrogen) atoms. The van der Waals surface area contributed by atoms with Gasteiger partial charge in [-0.3, -0.25) is 0 Å². The number of hydrogen-bond donors (Lipinski definition) is 0. The van der Waals surface area contributed by atoms with Crippen molar-refractivity contribution >= 4 is 28.4 Å². The molecule has 11 aromatic carbocycles. The van der Waals surface area contributed by atoms with Crippen LogP contribution in [-0.2, 0) is 0 Å². The lowest BCUT2D eigenvalue weighted by Gasteiger charge is -2.29. The molecule has 0 bridgehead atoms. The predicted octanol–water partition coefficient (Wildman–Crippen LogP) is 19.9. The largest absolute Gasteiger partial charge is 0.311 e. The van der Waals surface area contributed by atoms with E-state index >= 15 is 0 Å². The Morgan fingerprint density at radius 2 is 0.473 bits per heavy atom. The van der Waals surface area contributed by atoms with Gasteiger partial charge in [0.15, 0.2) is 0 Å². The number of allylic oxidation sites excluding steroid dienone is 3. The molecule has 12 rings (SSSR count). The molecule has 2 nitrogen and oxygen atoms in total. The fourth-order valence-corrected chi connectivity index (χ4v) is 10.2. The maximum Gasteiger partial charge on any atom is 0.0462 e. The Balaban J connectivity index is 0.690. The van der Waals surface area contributed by atoms with Gasteiger partial charge in [-0.05, 0) is 145 Å². The molecule has 1 atom stereocenters. The lowest BCUT2D eigenvalue weighted by atomic mass is 9.91. The minimum Gasteiger partial charge on any atom is -0.311 e. The summed E-state index contributed by atoms with van der Waals surface area (Å²) in [5.41, 5.74) is 22.6. The summed E-state index contributed by atoms with van der Waals surface area (Å²) in [4.78, 5) is 4.67. The number of hydrogen-bond acceptors (Lipinski definition) is 2. The van der Waals surface area contributed by atoms with Crippen molar-refractivity contribution in [2.75, 3.05) is 9.80 Å². The number of rotatable bonds is 13. The third-order valence-electron chi connectivity index (χ3n) is 14.3. The summed E-state index contributed by atoms with van der Waals surface area (Å²) < 4.78 is 0. The van der Waals surface area contributed by atoms with Crippen LogP contribution in [0.5, 0.6) is 0 Å². The fraction of sp³-hybridized carbons (Fsp3) is 0.0278. The zero-order chi connectivity index (χ0) is 49.5. The smallest absolute Gasteiger partial charge is 0.0462 e. The summed E-state index contributed by atoms with van der Waals surface area (Å²) in [6, 6.07) is 105. The first-order chi connectivity index (χ1) is 36.7. The molecule has 0 aromatic heterocycles. The van der Waals surface area contributed by atoms with E-state index in [9.17, 15) is 0 Å². The van der Waals surface area contributed by atoms with E-state index < -0.39 is 0 Å². The molecule has 352 valence electrons. The third kappa shape index (κ3) is 9.90. The van der Waals surface area contributed by atoms with Crippen molar-refractivity contribution in [3.8, 4) is 66.8 Å². The minimum atomic E-state index is 0.392. The van der Waals surface area contributed by atoms with Gasteiger partial charge in [0.1, 0.15) is 0 Å². The highest BCUT2D eigenvalue weighted by Gasteiger charge is 2.19. The van der Waals surface area contributed by atoms with E-state index in [0.717, 1.165) is 34.9 Å². The van der Waals surface area contributed by atoms with Gasteiger partial charge in [-0.2, -0.15) is 0 Å². The normalized spacial score (nSPS) is 13.0. The van der Waals surface area contributed by atoms with Gasteiger partial charge in [-0.25, -0.2) is 0 Å². The zero-order valence-corrected chi connectivity index (χ0v) is 41.1. The maximum atomic E-state index is 2.37. The van der Waals surface area contributed by atoms with Crippen LogP contribution in [0.1, 0.15) is 17.9 Å². The first kappa shape index (κ1) is 45.6. The first-order valence-electron chi connectivity index (χ1n) is 25.6. The van der Waals surface area contributed by atoms with Crippen LogP contribution in [0.15, 0.2) is 315 Å². The predicted molar refractivity (Wildman–Crippen MR) is 313 cm³/mol. The highest BCUT2D eigenvalue weighted by molar-refractivity contribution is 5.81. The van der Waals surface area contributed by atoms with Gasteiger partial charge in [0.2, 0.25) is 0 Å². The van der Waals surface area contributed by atoms with Gasteiger partial charge >= 0.3 is 0 Å². The van der Waals surface area contributed by atoms with Crippen molar-refractivity contribution in [2.24, 2.45) is 0 Å². The molecule has 0 amide bonds. The lowest BCUT2D eigenvalue weighted by molar-refractivity contribution is 0.840. The second-order valence-electron chi connectivity index (χ2n) is 18.9. The van der Waals surface area contributed by atoms with Crippen LogP contribution in [0.3, 0.4) is 0 Å². The summed E-state index contributed by atoms with van der Waals surface area (Å²) >= 11 is 0. The Morgan fingerprint density at radius 3 is 0.784 bits per heavy atom. The maximum absolute atomic E-state index is 2.37. The molecular formula is C72H54N2. The standard InChI is InChI=1S/C72H54N2/c1-5-13-53(14-6-1)63-37-45-69(46-38-63)73(67-17-9-3-10-18-67)71-49-41-65(42-50-71)61-33-29-59(30-34-61)57-25-21-55(22-26-57)56-23-27-58(28-24-56)60-31-35-62(36-32-60)66-43-51-72(52-44-66)74(68-19-11-4-12-20-68)70-47-39-64(40-48-70)54-15-7-2-8-16-54/h1-39,41-52,64H,40H2. The molecule has 1 aliphatic carbocycles. The number of anilines is 5. The average Bonchev–Trinajstić information content (AvgIpc) is 3.49. The number of benzene rings is 11. The van der Waals surface area contributed by atoms with Gasteiger partial charge in [0.05, 0.1) is 0 Å². The fourth-order valence-electron chi connectivity index (χ4n) is 10.2. The monoisotopic (exact) mass is 946 g/mol. The highest BCUT2D eigenvalue weighted by Crippen LogP contribution is 2.39. The second kappa shape index (κ2) is 21.1. The van der Waals surface area contributed by atoms with E-state index in [1.54, 1.807) is 0 Å². The number of nitrogens with zero attached hydrogens (tertiary/aromatic N) is 2. The average molecular weight is 947 g/mol. The van der Waals surface area contributed by atoms with Gasteiger partial charge in [0.25, 0.3) is 0 Å². The van der Waals surface area contributed by atoms with E-state index in [0.29, 0.717) is 5.92 Å². The van der Waals surface area contributed by atoms with E-state index in [4.69, 9.17) is 0 Å². The first-order valence-corrected chi connectivity index (χ1v) is 25.6. The third-order valence-corrected chi connectivity index (χ3v) is 14.3. The summed E-state index contributed by atoms with van der Waals surface area (Å²) in [6.45, 7) is 0. The van der Waals surface area contributed by atoms with Crippen LogP contribution in [0.25, 0.3) is 66.8 Å².